The Morgan fingerprint density at radius 2 is 0.202 bits per heavy atom. The maximum absolute atomic E-state index is 2.32. The van der Waals surface area contributed by atoms with E-state index in [9.17, 15) is 0 Å². The molecule has 12 aromatic carbocycles. The van der Waals surface area contributed by atoms with Crippen LogP contribution >= 0.6 is 47.5 Å². The fourth-order valence-corrected chi connectivity index (χ4v) is 33.6. The minimum atomic E-state index is -0.847. The van der Waals surface area contributed by atoms with Gasteiger partial charge in [-0.15, -0.1) is 0 Å². The third kappa shape index (κ3) is 20.0. The van der Waals surface area contributed by atoms with E-state index in [1.54, 1.807) is 0 Å². The van der Waals surface area contributed by atoms with Crippen LogP contribution in [0.2, 0.25) is 0 Å². The Morgan fingerprint density at radius 1 is 0.131 bits per heavy atom. The van der Waals surface area contributed by atoms with Gasteiger partial charge in [0.25, 0.3) is 0 Å². The van der Waals surface area contributed by atoms with Gasteiger partial charge in [0.05, 0.1) is 0 Å². The van der Waals surface area contributed by atoms with Gasteiger partial charge in [0, 0.05) is 0 Å². The summed E-state index contributed by atoms with van der Waals surface area (Å²) in [5.74, 6) is 3.74. The Morgan fingerprint density at radius 3 is 0.274 bits per heavy atom. The van der Waals surface area contributed by atoms with Crippen LogP contribution in [-0.4, -0.2) is 17.7 Å². The summed E-state index contributed by atoms with van der Waals surface area (Å²) in [4.78, 5) is 0. The summed E-state index contributed by atoms with van der Waals surface area (Å²) in [5.41, 5.74) is 0. The molecule has 0 heterocycles. The Hall–Kier alpha value is -3.97. The van der Waals surface area contributed by atoms with Gasteiger partial charge in [-0.25, -0.2) is 0 Å². The van der Waals surface area contributed by atoms with Gasteiger partial charge in [-0.05, 0) is 146 Å². The van der Waals surface area contributed by atoms with Gasteiger partial charge < -0.3 is 0 Å². The van der Waals surface area contributed by atoms with Crippen molar-refractivity contribution in [3.05, 3.63) is 364 Å². The average Bonchev–Trinajstić information content (AvgIpc) is 3.75. The van der Waals surface area contributed by atoms with E-state index in [4.69, 9.17) is 0 Å². The predicted octanol–water partition coefficient (Wildman–Crippen LogP) is 14.0. The topological polar surface area (TPSA) is 0 Å². The summed E-state index contributed by atoms with van der Waals surface area (Å²) in [6.07, 6.45) is 0. The molecule has 0 fully saturated rings. The SMILES string of the molecule is [Hg+2].[Hg+].[Hg+].c1ccc([PH+](C[PH+](c2ccccc2)c2ccccc2)c2ccccc2)cc1.c1ccc([PH+](C[PH+](c2ccccc2)c2ccccc2)c2ccccc2)cc1.c1ccc([PH+](C[PH+](c2ccccc2)c2ccccc2)c2ccccc2)cc1. The molecule has 0 aromatic heterocycles. The van der Waals surface area contributed by atoms with Crippen LogP contribution in [0.15, 0.2) is 364 Å². The molecule has 0 aliphatic rings. The number of benzene rings is 12. The van der Waals surface area contributed by atoms with E-state index in [1.807, 2.05) is 0 Å². The molecule has 9 heteroatoms. The maximum Gasteiger partial charge on any atom is 2.00 e. The second-order valence-corrected chi connectivity index (χ2v) is 36.7. The van der Waals surface area contributed by atoms with Crippen molar-refractivity contribution in [1.82, 2.24) is 0 Å². The second-order valence-electron chi connectivity index (χ2n) is 19.8. The largest absolute Gasteiger partial charge is 2.00 e. The van der Waals surface area contributed by atoms with E-state index in [0.717, 1.165) is 0 Å². The zero-order valence-corrected chi connectivity index (χ0v) is 70.4. The molecule has 2 radical (unpaired) electrons. The van der Waals surface area contributed by atoms with Crippen molar-refractivity contribution in [3.63, 3.8) is 0 Å². The van der Waals surface area contributed by atoms with Crippen LogP contribution in [0.5, 0.6) is 0 Å². The Balaban J connectivity index is 0.000000178. The van der Waals surface area contributed by atoms with Gasteiger partial charge in [0.1, 0.15) is 111 Å². The summed E-state index contributed by atoms with van der Waals surface area (Å²) in [7, 11) is -5.08. The van der Waals surface area contributed by atoms with Gasteiger partial charge in [0.15, 0.2) is 17.7 Å². The molecule has 398 valence electrons. The van der Waals surface area contributed by atoms with Crippen LogP contribution in [0.25, 0.3) is 0 Å². The molecule has 0 amide bonds. The first-order valence-electron chi connectivity index (χ1n) is 28.0. The molecule has 0 spiro atoms. The number of hydrogen-bond donors (Lipinski definition) is 0. The van der Waals surface area contributed by atoms with Gasteiger partial charge in [0.2, 0.25) is 0 Å². The minimum Gasteiger partial charge on any atom is -0.0620 e. The van der Waals surface area contributed by atoms with Crippen LogP contribution in [0.4, 0.5) is 0 Å². The molecule has 84 heavy (non-hydrogen) atoms. The molecule has 0 unspecified atom stereocenters. The van der Waals surface area contributed by atoms with E-state index < -0.39 is 47.5 Å². The van der Waals surface area contributed by atoms with Crippen LogP contribution in [0.3, 0.4) is 0 Å². The fourth-order valence-electron chi connectivity index (χ4n) is 10.4. The summed E-state index contributed by atoms with van der Waals surface area (Å²) in [6.45, 7) is 0. The predicted molar refractivity (Wildman–Crippen MR) is 377 cm³/mol. The molecule has 0 nitrogen and oxygen atoms in total. The monoisotopic (exact) mass is 1760 g/mol. The standard InChI is InChI=1S/3C25H22P2.3Hg/c3*1-5-13-22(14-6-1)26(23-15-7-2-8-16-23)21-27(24-17-9-3-10-18-24)25-19-11-4-12-20-25;;;/h3*1-20H,21H2;;;/q;;;2*+1;+2/p+6. The molecular formula is C75H72Hg3P6+10. The van der Waals surface area contributed by atoms with Gasteiger partial charge in [-0.3, -0.25) is 0 Å². The zero-order chi connectivity index (χ0) is 54.9. The molecule has 0 saturated heterocycles. The van der Waals surface area contributed by atoms with E-state index in [2.05, 4.69) is 364 Å². The third-order valence-electron chi connectivity index (χ3n) is 14.5. The van der Waals surface area contributed by atoms with Crippen molar-refractivity contribution >= 4 is 111 Å². The van der Waals surface area contributed by atoms with E-state index in [-0.39, 0.29) is 83.0 Å². The van der Waals surface area contributed by atoms with Crippen LogP contribution in [0, 0.1) is 0 Å². The van der Waals surface area contributed by atoms with Gasteiger partial charge >= 0.3 is 83.0 Å². The summed E-state index contributed by atoms with van der Waals surface area (Å²) in [5, 5.41) is 18.0. The normalized spacial score (nSPS) is 10.6. The maximum atomic E-state index is 2.32. The fraction of sp³-hybridized carbons (Fsp3) is 0.0400. The molecule has 0 aliphatic heterocycles. The first kappa shape index (κ1) is 67.5. The first-order chi connectivity index (χ1) is 40.2. The molecule has 12 aromatic rings. The van der Waals surface area contributed by atoms with E-state index >= 15 is 0 Å². The van der Waals surface area contributed by atoms with Crippen molar-refractivity contribution in [1.29, 1.82) is 0 Å². The van der Waals surface area contributed by atoms with Crippen molar-refractivity contribution in [2.45, 2.75) is 0 Å². The summed E-state index contributed by atoms with van der Waals surface area (Å²) < 4.78 is 0. The van der Waals surface area contributed by atoms with Crippen LogP contribution in [0.1, 0.15) is 0 Å². The van der Waals surface area contributed by atoms with E-state index in [1.165, 1.54) is 81.4 Å². The quantitative estimate of drug-likeness (QED) is 0.0593. The van der Waals surface area contributed by atoms with Gasteiger partial charge in [-0.1, -0.05) is 218 Å². The molecular weight excluding hydrogens is 1690 g/mol. The third-order valence-corrected chi connectivity index (χ3v) is 35.4. The van der Waals surface area contributed by atoms with Crippen molar-refractivity contribution in [2.24, 2.45) is 0 Å². The van der Waals surface area contributed by atoms with Crippen molar-refractivity contribution in [2.75, 3.05) is 17.7 Å². The molecule has 12 rings (SSSR count). The number of hydrogen-bond acceptors (Lipinski definition) is 0. The Labute approximate surface area is 569 Å². The average molecular weight is 1760 g/mol. The number of rotatable bonds is 18. The molecule has 0 saturated carbocycles. The molecule has 0 N–H and O–H groups in total. The molecule has 0 atom stereocenters. The summed E-state index contributed by atoms with van der Waals surface area (Å²) >= 11 is 0. The summed E-state index contributed by atoms with van der Waals surface area (Å²) in [6, 6.07) is 133. The minimum absolute atomic E-state index is 0. The zero-order valence-electron chi connectivity index (χ0n) is 47.9. The van der Waals surface area contributed by atoms with Gasteiger partial charge in [-0.2, -0.15) is 0 Å². The molecule has 0 bridgehead atoms. The van der Waals surface area contributed by atoms with Crippen LogP contribution < -0.4 is 63.7 Å². The van der Waals surface area contributed by atoms with Crippen molar-refractivity contribution < 1.29 is 83.0 Å². The first-order valence-corrected chi connectivity index (χ1v) is 38.3. The second kappa shape index (κ2) is 37.7. The molecule has 0 aliphatic carbocycles. The van der Waals surface area contributed by atoms with Crippen LogP contribution in [-0.2, 0) is 83.0 Å². The smallest absolute Gasteiger partial charge is 0.0620 e. The Kier molecular flexibility index (Phi) is 30.3. The Bertz CT molecular complexity index is 2740. The van der Waals surface area contributed by atoms with E-state index in [0.29, 0.717) is 0 Å². The van der Waals surface area contributed by atoms with Crippen molar-refractivity contribution in [3.8, 4) is 0 Å².